The monoisotopic (exact) mass is 472 g/mol. The van der Waals surface area contributed by atoms with Crippen LogP contribution in [-0.2, 0) is 5.92 Å². The fourth-order valence-corrected chi connectivity index (χ4v) is 5.41. The Bertz CT molecular complexity index is 1770. The van der Waals surface area contributed by atoms with Crippen LogP contribution in [0.3, 0.4) is 0 Å². The van der Waals surface area contributed by atoms with Crippen LogP contribution in [-0.4, -0.2) is 0 Å². The summed E-state index contributed by atoms with van der Waals surface area (Å²) in [4.78, 5) is 0. The summed E-state index contributed by atoms with van der Waals surface area (Å²) in [5.41, 5.74) is 6.90. The molecule has 0 heterocycles. The summed E-state index contributed by atoms with van der Waals surface area (Å²) in [6.07, 6.45) is 0. The first-order valence-electron chi connectivity index (χ1n) is 12.3. The van der Waals surface area contributed by atoms with Crippen molar-refractivity contribution in [3.05, 3.63) is 120 Å². The van der Waals surface area contributed by atoms with E-state index in [0.717, 1.165) is 34.2 Å². The van der Waals surface area contributed by atoms with Crippen LogP contribution in [0.5, 0.6) is 0 Å². The second-order valence-corrected chi connectivity index (χ2v) is 9.77. The Balaban J connectivity index is 1.78. The molecule has 0 nitrogen and oxygen atoms in total. The van der Waals surface area contributed by atoms with Crippen LogP contribution in [0.2, 0.25) is 0 Å². The van der Waals surface area contributed by atoms with Crippen molar-refractivity contribution in [1.29, 1.82) is 0 Å². The van der Waals surface area contributed by atoms with Gasteiger partial charge in [-0.2, -0.15) is 0 Å². The topological polar surface area (TPSA) is 0 Å². The Morgan fingerprint density at radius 3 is 1.69 bits per heavy atom. The third-order valence-corrected chi connectivity index (χ3v) is 7.38. The zero-order valence-electron chi connectivity index (χ0n) is 20.6. The van der Waals surface area contributed by atoms with Crippen LogP contribution >= 0.6 is 0 Å². The van der Waals surface area contributed by atoms with Gasteiger partial charge in [-0.25, -0.2) is 8.78 Å². The number of rotatable bonds is 3. The van der Waals surface area contributed by atoms with Crippen molar-refractivity contribution >= 4 is 32.3 Å². The minimum absolute atomic E-state index is 0.0271. The average molecular weight is 473 g/mol. The van der Waals surface area contributed by atoms with E-state index in [0.29, 0.717) is 0 Å². The van der Waals surface area contributed by atoms with Crippen molar-refractivity contribution in [2.75, 3.05) is 0 Å². The zero-order chi connectivity index (χ0) is 25.0. The van der Waals surface area contributed by atoms with Gasteiger partial charge < -0.3 is 0 Å². The molecule has 0 fully saturated rings. The fraction of sp³-hybridized carbons (Fsp3) is 0.118. The molecule has 0 N–H and O–H groups in total. The molecule has 6 aromatic rings. The van der Waals surface area contributed by atoms with Gasteiger partial charge in [-0.15, -0.1) is 0 Å². The lowest BCUT2D eigenvalue weighted by molar-refractivity contribution is 0.0175. The Kier molecular flexibility index (Phi) is 5.15. The maximum Gasteiger partial charge on any atom is 0.270 e. The Morgan fingerprint density at radius 2 is 1.06 bits per heavy atom. The van der Waals surface area contributed by atoms with E-state index in [1.54, 1.807) is 12.1 Å². The lowest BCUT2D eigenvalue weighted by Crippen LogP contribution is -2.06. The average Bonchev–Trinajstić information content (AvgIpc) is 2.88. The smallest absolute Gasteiger partial charge is 0.202 e. The van der Waals surface area contributed by atoms with Crippen LogP contribution in [0.4, 0.5) is 8.78 Å². The molecule has 2 heteroatoms. The fourth-order valence-electron chi connectivity index (χ4n) is 5.41. The minimum atomic E-state index is -2.87. The molecule has 36 heavy (non-hydrogen) atoms. The van der Waals surface area contributed by atoms with Crippen LogP contribution in [0, 0.1) is 13.8 Å². The molecule has 0 amide bonds. The molecule has 6 rings (SSSR count). The third-order valence-electron chi connectivity index (χ3n) is 7.38. The molecule has 0 saturated heterocycles. The molecule has 0 aromatic heterocycles. The molecule has 0 unspecified atom stereocenters. The van der Waals surface area contributed by atoms with Crippen molar-refractivity contribution in [2.45, 2.75) is 26.7 Å². The van der Waals surface area contributed by atoms with Gasteiger partial charge in [0.1, 0.15) is 0 Å². The van der Waals surface area contributed by atoms with Crippen molar-refractivity contribution in [2.24, 2.45) is 0 Å². The first-order chi connectivity index (χ1) is 17.3. The maximum absolute atomic E-state index is 14.0. The van der Waals surface area contributed by atoms with Crippen LogP contribution < -0.4 is 0 Å². The summed E-state index contributed by atoms with van der Waals surface area (Å²) in [7, 11) is 0. The first-order valence-corrected chi connectivity index (χ1v) is 12.3. The highest BCUT2D eigenvalue weighted by molar-refractivity contribution is 6.23. The summed E-state index contributed by atoms with van der Waals surface area (Å²) in [6, 6.07) is 34.7. The quantitative estimate of drug-likeness (QED) is 0.225. The van der Waals surface area contributed by atoms with E-state index >= 15 is 0 Å². The molecule has 0 aliphatic carbocycles. The molecule has 176 valence electrons. The summed E-state index contributed by atoms with van der Waals surface area (Å²) < 4.78 is 27.9. The normalized spacial score (nSPS) is 12.0. The van der Waals surface area contributed by atoms with Gasteiger partial charge in [0.05, 0.1) is 0 Å². The summed E-state index contributed by atoms with van der Waals surface area (Å²) >= 11 is 0. The molecule has 0 aliphatic heterocycles. The first kappa shape index (κ1) is 22.4. The van der Waals surface area contributed by atoms with Gasteiger partial charge in [-0.1, -0.05) is 103 Å². The number of halogens is 2. The van der Waals surface area contributed by atoms with Gasteiger partial charge in [-0.3, -0.25) is 0 Å². The lowest BCUT2D eigenvalue weighted by Gasteiger charge is -2.20. The SMILES string of the molecule is Cc1cc2c(-c3ccc(C(C)(F)F)cc3)c3ccccc3c(-c3cccc4ccccc34)c2cc1C. The number of alkyl halides is 2. The summed E-state index contributed by atoms with van der Waals surface area (Å²) in [5, 5.41) is 7.00. The van der Waals surface area contributed by atoms with E-state index in [-0.39, 0.29) is 5.56 Å². The van der Waals surface area contributed by atoms with Crippen molar-refractivity contribution < 1.29 is 8.78 Å². The largest absolute Gasteiger partial charge is 0.270 e. The van der Waals surface area contributed by atoms with Crippen molar-refractivity contribution in [3.8, 4) is 22.3 Å². The molecule has 0 atom stereocenters. The number of aryl methyl sites for hydroxylation is 2. The van der Waals surface area contributed by atoms with Crippen molar-refractivity contribution in [1.82, 2.24) is 0 Å². The van der Waals surface area contributed by atoms with E-state index in [1.165, 1.54) is 38.4 Å². The van der Waals surface area contributed by atoms with Gasteiger partial charge in [0.2, 0.25) is 0 Å². The van der Waals surface area contributed by atoms with Gasteiger partial charge >= 0.3 is 0 Å². The second-order valence-electron chi connectivity index (χ2n) is 9.77. The zero-order valence-corrected chi connectivity index (χ0v) is 20.6. The van der Waals surface area contributed by atoms with Gasteiger partial charge in [0.15, 0.2) is 0 Å². The standard InChI is InChI=1S/C34H26F2/c1-21-19-30-31(20-22(21)2)33(27-14-8-10-23-9-4-5-11-26(23)27)29-13-7-6-12-28(29)32(30)24-15-17-25(18-16-24)34(3,35)36/h4-20H,1-3H3. The Labute approximate surface area is 209 Å². The molecule has 0 aliphatic rings. The van der Waals surface area contributed by atoms with E-state index in [4.69, 9.17) is 0 Å². The van der Waals surface area contributed by atoms with E-state index < -0.39 is 5.92 Å². The van der Waals surface area contributed by atoms with Gasteiger partial charge in [-0.05, 0) is 79.5 Å². The highest BCUT2D eigenvalue weighted by Crippen LogP contribution is 2.46. The summed E-state index contributed by atoms with van der Waals surface area (Å²) in [5.74, 6) is -2.87. The van der Waals surface area contributed by atoms with Crippen LogP contribution in [0.25, 0.3) is 54.6 Å². The van der Waals surface area contributed by atoms with Gasteiger partial charge in [0.25, 0.3) is 5.92 Å². The highest BCUT2D eigenvalue weighted by Gasteiger charge is 2.24. The molecular formula is C34H26F2. The highest BCUT2D eigenvalue weighted by atomic mass is 19.3. The van der Waals surface area contributed by atoms with Crippen molar-refractivity contribution in [3.63, 3.8) is 0 Å². The molecule has 0 spiro atoms. The number of hydrogen-bond acceptors (Lipinski definition) is 0. The summed E-state index contributed by atoms with van der Waals surface area (Å²) in [6.45, 7) is 5.22. The molecule has 6 aromatic carbocycles. The van der Waals surface area contributed by atoms with E-state index in [9.17, 15) is 8.78 Å². The molecular weight excluding hydrogens is 446 g/mol. The molecule has 0 radical (unpaired) electrons. The predicted molar refractivity (Wildman–Crippen MR) is 149 cm³/mol. The predicted octanol–water partition coefficient (Wildman–Crippen LogP) is 10.2. The molecule has 0 saturated carbocycles. The van der Waals surface area contributed by atoms with E-state index in [2.05, 4.69) is 92.7 Å². The number of fused-ring (bicyclic) bond motifs is 3. The van der Waals surface area contributed by atoms with Crippen LogP contribution in [0.1, 0.15) is 23.6 Å². The number of benzene rings is 6. The van der Waals surface area contributed by atoms with Gasteiger partial charge in [0, 0.05) is 12.5 Å². The Hall–Kier alpha value is -4.04. The Morgan fingerprint density at radius 1 is 0.528 bits per heavy atom. The minimum Gasteiger partial charge on any atom is -0.202 e. The molecule has 0 bridgehead atoms. The third kappa shape index (κ3) is 3.56. The lowest BCUT2D eigenvalue weighted by atomic mass is 9.83. The van der Waals surface area contributed by atoms with Crippen LogP contribution in [0.15, 0.2) is 103 Å². The van der Waals surface area contributed by atoms with E-state index in [1.807, 2.05) is 12.1 Å². The second kappa shape index (κ2) is 8.27. The number of hydrogen-bond donors (Lipinski definition) is 0. The maximum atomic E-state index is 14.0.